The van der Waals surface area contributed by atoms with Crippen LogP contribution in [0.1, 0.15) is 26.3 Å². The summed E-state index contributed by atoms with van der Waals surface area (Å²) in [6, 6.07) is 6.04. The molecule has 0 atom stereocenters. The summed E-state index contributed by atoms with van der Waals surface area (Å²) in [5, 5.41) is 0.963. The molecule has 0 unspecified atom stereocenters. The van der Waals surface area contributed by atoms with E-state index in [2.05, 4.69) is 0 Å². The first kappa shape index (κ1) is 17.6. The van der Waals surface area contributed by atoms with Gasteiger partial charge in [0.15, 0.2) is 0 Å². The quantitative estimate of drug-likeness (QED) is 0.713. The predicted octanol–water partition coefficient (Wildman–Crippen LogP) is 2.55. The van der Waals surface area contributed by atoms with Crippen LogP contribution in [0.4, 0.5) is 0 Å². The third-order valence-corrected chi connectivity index (χ3v) is 7.92. The van der Waals surface area contributed by atoms with Crippen LogP contribution in [-0.2, 0) is 24.3 Å². The van der Waals surface area contributed by atoms with Crippen LogP contribution in [0.5, 0.6) is 5.75 Å². The van der Waals surface area contributed by atoms with E-state index >= 15 is 0 Å². The second kappa shape index (κ2) is 7.24. The van der Waals surface area contributed by atoms with Crippen LogP contribution in [0, 0.1) is 0 Å². The van der Waals surface area contributed by atoms with E-state index in [0.29, 0.717) is 26.4 Å². The van der Waals surface area contributed by atoms with Crippen LogP contribution in [-0.4, -0.2) is 37.2 Å². The number of benzene rings is 1. The largest absolute Gasteiger partial charge is 0.537 e. The third-order valence-electron chi connectivity index (χ3n) is 3.35. The van der Waals surface area contributed by atoms with Gasteiger partial charge < -0.3 is 22.1 Å². The molecule has 0 amide bonds. The summed E-state index contributed by atoms with van der Waals surface area (Å²) in [6.45, 7) is 12.2. The zero-order chi connectivity index (χ0) is 16.2. The maximum absolute atomic E-state index is 5.98. The van der Waals surface area contributed by atoms with Gasteiger partial charge in [-0.25, -0.2) is 0 Å². The van der Waals surface area contributed by atoms with Crippen molar-refractivity contribution in [3.8, 4) is 5.75 Å². The highest BCUT2D eigenvalue weighted by atomic mass is 28.4. The van der Waals surface area contributed by atoms with Gasteiger partial charge in [0, 0.05) is 30.6 Å². The van der Waals surface area contributed by atoms with Crippen molar-refractivity contribution in [2.75, 3.05) is 19.8 Å². The fourth-order valence-electron chi connectivity index (χ4n) is 2.47. The van der Waals surface area contributed by atoms with E-state index in [9.17, 15) is 0 Å². The Morgan fingerprint density at radius 2 is 1.64 bits per heavy atom. The molecule has 0 saturated carbocycles. The molecule has 5 nitrogen and oxygen atoms in total. The molecule has 7 heteroatoms. The Morgan fingerprint density at radius 3 is 2.18 bits per heavy atom. The van der Waals surface area contributed by atoms with Crippen LogP contribution in [0.2, 0.25) is 13.1 Å². The predicted molar refractivity (Wildman–Crippen MR) is 89.6 cm³/mol. The molecule has 1 aromatic rings. The molecule has 1 heterocycles. The van der Waals surface area contributed by atoms with E-state index in [0.717, 1.165) is 16.5 Å². The summed E-state index contributed by atoms with van der Waals surface area (Å²) >= 11 is 0. The number of rotatable bonds is 7. The number of hydrogen-bond donors (Lipinski definition) is 0. The lowest BCUT2D eigenvalue weighted by Gasteiger charge is -2.33. The average Bonchev–Trinajstić information content (AvgIpc) is 2.46. The summed E-state index contributed by atoms with van der Waals surface area (Å²) in [5.74, 6) is 0.902. The van der Waals surface area contributed by atoms with Crippen molar-refractivity contribution in [3.05, 3.63) is 23.8 Å². The van der Waals surface area contributed by atoms with E-state index in [1.165, 1.54) is 0 Å². The van der Waals surface area contributed by atoms with Crippen molar-refractivity contribution in [2.45, 2.75) is 40.5 Å². The summed E-state index contributed by atoms with van der Waals surface area (Å²) < 4.78 is 29.7. The van der Waals surface area contributed by atoms with Gasteiger partial charge in [0.25, 0.3) is 0 Å². The Kier molecular flexibility index (Phi) is 5.81. The summed E-state index contributed by atoms with van der Waals surface area (Å²) in [5.41, 5.74) is 1.03. The van der Waals surface area contributed by atoms with E-state index in [1.54, 1.807) is 0 Å². The zero-order valence-electron chi connectivity index (χ0n) is 14.1. The minimum absolute atomic E-state index is 0.552. The van der Waals surface area contributed by atoms with Gasteiger partial charge in [0.05, 0.1) is 6.61 Å². The smallest absolute Gasteiger partial charge is 0.520 e. The van der Waals surface area contributed by atoms with Crippen LogP contribution >= 0.6 is 0 Å². The Bertz CT molecular complexity index is 490. The molecular formula is C15H26O5Si2. The van der Waals surface area contributed by atoms with Gasteiger partial charge in [0.2, 0.25) is 0 Å². The van der Waals surface area contributed by atoms with Crippen molar-refractivity contribution in [3.63, 3.8) is 0 Å². The first-order valence-electron chi connectivity index (χ1n) is 7.84. The molecule has 1 aromatic carbocycles. The summed E-state index contributed by atoms with van der Waals surface area (Å²) in [4.78, 5) is 0. The molecular weight excluding hydrogens is 316 g/mol. The SMILES string of the molecule is CCO[Si](OCC)(OCC)c1ccc2c(c1)CO[Si](C)(C)O2. The van der Waals surface area contributed by atoms with Crippen molar-refractivity contribution in [1.82, 2.24) is 0 Å². The lowest BCUT2D eigenvalue weighted by atomic mass is 10.2. The second-order valence-electron chi connectivity index (χ2n) is 5.47. The molecule has 0 aromatic heterocycles. The molecule has 0 aliphatic carbocycles. The van der Waals surface area contributed by atoms with Gasteiger partial charge in [-0.2, -0.15) is 0 Å². The van der Waals surface area contributed by atoms with Crippen molar-refractivity contribution < 1.29 is 22.1 Å². The van der Waals surface area contributed by atoms with Gasteiger partial charge in [-0.05, 0) is 46.0 Å². The maximum Gasteiger partial charge on any atom is 0.537 e. The Labute approximate surface area is 135 Å². The topological polar surface area (TPSA) is 46.2 Å². The van der Waals surface area contributed by atoms with Crippen molar-refractivity contribution in [1.29, 1.82) is 0 Å². The Morgan fingerprint density at radius 1 is 1.05 bits per heavy atom. The Hall–Kier alpha value is -0.706. The zero-order valence-corrected chi connectivity index (χ0v) is 16.1. The highest BCUT2D eigenvalue weighted by molar-refractivity contribution is 6.75. The minimum Gasteiger partial charge on any atom is -0.520 e. The number of fused-ring (bicyclic) bond motifs is 1. The monoisotopic (exact) mass is 342 g/mol. The van der Waals surface area contributed by atoms with Crippen LogP contribution < -0.4 is 9.61 Å². The van der Waals surface area contributed by atoms with Gasteiger partial charge in [-0.15, -0.1) is 0 Å². The van der Waals surface area contributed by atoms with E-state index < -0.39 is 17.4 Å². The van der Waals surface area contributed by atoms with Gasteiger partial charge in [0.1, 0.15) is 5.75 Å². The first-order chi connectivity index (χ1) is 10.5. The molecule has 1 aliphatic rings. The second-order valence-corrected chi connectivity index (χ2v) is 11.3. The van der Waals surface area contributed by atoms with E-state index in [-0.39, 0.29) is 0 Å². The van der Waals surface area contributed by atoms with E-state index in [1.807, 2.05) is 52.1 Å². The normalized spacial score (nSPS) is 17.0. The molecule has 0 fully saturated rings. The third kappa shape index (κ3) is 3.79. The highest BCUT2D eigenvalue weighted by Gasteiger charge is 2.44. The van der Waals surface area contributed by atoms with Crippen LogP contribution in [0.25, 0.3) is 0 Å². The molecule has 0 N–H and O–H groups in total. The lowest BCUT2D eigenvalue weighted by Crippen LogP contribution is -2.57. The van der Waals surface area contributed by atoms with Crippen LogP contribution in [0.3, 0.4) is 0 Å². The van der Waals surface area contributed by atoms with Crippen molar-refractivity contribution in [2.24, 2.45) is 0 Å². The molecule has 1 aliphatic heterocycles. The fourth-order valence-corrected chi connectivity index (χ4v) is 6.29. The highest BCUT2D eigenvalue weighted by Crippen LogP contribution is 2.29. The van der Waals surface area contributed by atoms with Gasteiger partial charge in [-0.1, -0.05) is 6.07 Å². The molecule has 0 spiro atoms. The Balaban J connectivity index is 2.36. The molecule has 22 heavy (non-hydrogen) atoms. The minimum atomic E-state index is -2.87. The first-order valence-corrected chi connectivity index (χ1v) is 12.4. The molecule has 0 saturated heterocycles. The summed E-state index contributed by atoms with van der Waals surface area (Å²) in [7, 11) is -4.90. The molecule has 2 rings (SSSR count). The summed E-state index contributed by atoms with van der Waals surface area (Å²) in [6.07, 6.45) is 0. The fraction of sp³-hybridized carbons (Fsp3) is 0.600. The molecule has 124 valence electrons. The van der Waals surface area contributed by atoms with E-state index in [4.69, 9.17) is 22.1 Å². The molecule has 0 radical (unpaired) electrons. The van der Waals surface area contributed by atoms with Crippen molar-refractivity contribution >= 4 is 22.6 Å². The molecule has 0 bridgehead atoms. The number of hydrogen-bond acceptors (Lipinski definition) is 5. The van der Waals surface area contributed by atoms with Gasteiger partial charge in [-0.3, -0.25) is 0 Å². The lowest BCUT2D eigenvalue weighted by molar-refractivity contribution is 0.0858. The maximum atomic E-state index is 5.98. The standard InChI is InChI=1S/C15H26O5Si2/c1-6-16-22(17-7-2,18-8-3)14-9-10-15-13(11-14)12-19-21(4,5)20-15/h9-11H,6-8,12H2,1-5H3. The average molecular weight is 343 g/mol. The van der Waals surface area contributed by atoms with Gasteiger partial charge >= 0.3 is 17.4 Å². The van der Waals surface area contributed by atoms with Crippen LogP contribution in [0.15, 0.2) is 18.2 Å².